The molecule has 3 saturated heterocycles. The SMILES string of the molecule is CCCC[C@H]1C(=O)N(C)[C@@H](CCCC)C(=O)N[C@@H](CCC(=O)O)C(=O)N[C@H](C(=O)CCC(N)=O)CSCC(=O)N[C@@H](Cc2ccc(OC)cc2)C(=O)N(C)[C@@H](C)C(=O)N[C@@H](CCN)C(=O)N2CCC[C@H]2C(=O)N[C@@H](CN)C(=O)N[C@@H](CCCCN)C(=O)N2C[C@H](O)C[C@H]2C(=O)N[C@@H](Cc2c[nH]c3ccccc23)C(=O)C[C@@H](CCN)C(=O)N[C@@H](Cc2c[nH]c3ccccc23)C(=O)N1C. The fourth-order valence-electron chi connectivity index (χ4n) is 16.8. The molecule has 40 nitrogen and oxygen atoms in total. The molecule has 0 radical (unpaired) electrons. The van der Waals surface area contributed by atoms with Crippen LogP contribution in [0.25, 0.3) is 21.8 Å². The van der Waals surface area contributed by atoms with Crippen LogP contribution in [0.1, 0.15) is 159 Å². The molecule has 8 rings (SSSR count). The molecule has 722 valence electrons. The second-order valence-corrected chi connectivity index (χ2v) is 35.1. The largest absolute Gasteiger partial charge is 0.497 e. The van der Waals surface area contributed by atoms with Crippen LogP contribution in [0.2, 0.25) is 0 Å². The highest BCUT2D eigenvalue weighted by Gasteiger charge is 2.46. The Bertz CT molecular complexity index is 4860. The molecular weight excluding hydrogens is 1730 g/mol. The van der Waals surface area contributed by atoms with Crippen LogP contribution in [-0.2, 0) is 101 Å². The minimum atomic E-state index is -1.73. The Hall–Kier alpha value is -11.9. The van der Waals surface area contributed by atoms with Crippen LogP contribution in [0.15, 0.2) is 85.2 Å². The number of aliphatic hydroxyl groups excluding tert-OH is 1. The highest BCUT2D eigenvalue weighted by Crippen LogP contribution is 2.29. The number of aromatic amines is 2. The second kappa shape index (κ2) is 51.8. The van der Waals surface area contributed by atoms with E-state index >= 15 is 33.6 Å². The number of amides is 14. The van der Waals surface area contributed by atoms with Gasteiger partial charge in [0, 0.05) is 138 Å². The summed E-state index contributed by atoms with van der Waals surface area (Å²) in [6.07, 6.45) is 0.393. The van der Waals surface area contributed by atoms with E-state index in [9.17, 15) is 58.2 Å². The highest BCUT2D eigenvalue weighted by atomic mass is 32.2. The number of ketones is 2. The van der Waals surface area contributed by atoms with Gasteiger partial charge in [-0.05, 0) is 132 Å². The number of methoxy groups -OCH3 is 1. The number of H-pyrrole nitrogens is 2. The fourth-order valence-corrected chi connectivity index (χ4v) is 17.7. The molecule has 3 aliphatic rings. The van der Waals surface area contributed by atoms with Gasteiger partial charge in [-0.3, -0.25) is 81.5 Å². The predicted molar refractivity (Wildman–Crippen MR) is 491 cm³/mol. The van der Waals surface area contributed by atoms with Crippen molar-refractivity contribution in [1.29, 1.82) is 0 Å². The Morgan fingerprint density at radius 2 is 1.05 bits per heavy atom. The fraction of sp³-hybridized carbons (Fsp3) is 0.571. The lowest BCUT2D eigenvalue weighted by atomic mass is 9.91. The van der Waals surface area contributed by atoms with Crippen LogP contribution in [0, 0.1) is 5.92 Å². The maximum Gasteiger partial charge on any atom is 0.303 e. The summed E-state index contributed by atoms with van der Waals surface area (Å²) in [4.78, 5) is 261. The third kappa shape index (κ3) is 29.3. The van der Waals surface area contributed by atoms with Crippen LogP contribution in [0.5, 0.6) is 5.75 Å². The Morgan fingerprint density at radius 3 is 1.66 bits per heavy atom. The number of hydrogen-bond acceptors (Lipinski definition) is 24. The van der Waals surface area contributed by atoms with E-state index in [1.54, 1.807) is 85.2 Å². The molecule has 0 aliphatic carbocycles. The summed E-state index contributed by atoms with van der Waals surface area (Å²) in [6, 6.07) is 1.89. The van der Waals surface area contributed by atoms with Gasteiger partial charge in [0.05, 0.1) is 31.1 Å². The zero-order chi connectivity index (χ0) is 96.6. The van der Waals surface area contributed by atoms with E-state index in [0.717, 1.165) is 26.5 Å². The normalized spacial score (nSPS) is 25.2. The number of hydrogen-bond donors (Lipinski definition) is 17. The summed E-state index contributed by atoms with van der Waals surface area (Å²) in [7, 11) is 5.45. The first kappa shape index (κ1) is 105. The number of ether oxygens (including phenoxy) is 1. The van der Waals surface area contributed by atoms with E-state index in [1.807, 2.05) is 13.8 Å². The lowest BCUT2D eigenvalue weighted by molar-refractivity contribution is -0.149. The predicted octanol–water partition coefficient (Wildman–Crippen LogP) is -0.795. The molecule has 5 heterocycles. The summed E-state index contributed by atoms with van der Waals surface area (Å²) in [5.41, 5.74) is 33.0. The maximum absolute atomic E-state index is 15.8. The van der Waals surface area contributed by atoms with Crippen LogP contribution in [-0.4, -0.2) is 309 Å². The molecule has 15 atom stereocenters. The molecule has 2 aromatic heterocycles. The van der Waals surface area contributed by atoms with Gasteiger partial charge in [-0.25, -0.2) is 0 Å². The standard InChI is InChI=1S/C91H132N20O20S/c1-8-10-24-71-84(123)100-63(31-34-79(117)118)82(121)106-70(75(113)32-33-77(96)115)50-132-51-78(116)99-67(41-53-27-29-58(131-7)30-28-53)87(126)107(4)52(3)80(119)101-65(36-39-94)89(128)110-40-18-26-72(110)85(124)105-69(46-95)83(122)102-64(23-16-17-37-92)90(129)111-49-57(112)45-74(111)86(125)103-66(42-55-47-97-61-21-14-12-19-59(55)61)76(114)44-54(35-38-93)81(120)104-68(43-56-48-98-62-22-15-13-20-60(56)62)88(127)109(6)73(25-11-9-2)91(130)108(71)5/h12-15,19-22,27-30,47-48,52,54,57,63-74,97-98,112H,8-11,16-18,23-26,31-46,49-51,92-95H2,1-7H3,(H2,96,115)(H,99,116)(H,100,123)(H,101,119)(H,102,122)(H,103,125)(H,104,120)(H,105,124)(H,106,121)(H,117,118)/t52-,54+,57+,63-,64-,65-,66-,67-,68-,69-,70-,71-,72-,73-,74-/m0/s1. The van der Waals surface area contributed by atoms with Crippen molar-refractivity contribution < 1.29 is 96.5 Å². The molecule has 132 heavy (non-hydrogen) atoms. The number of nitrogens with two attached hydrogens (primary N) is 5. The number of fused-ring (bicyclic) bond motifs is 4. The zero-order valence-electron chi connectivity index (χ0n) is 76.2. The van der Waals surface area contributed by atoms with Crippen LogP contribution in [0.4, 0.5) is 0 Å². The number of carbonyl (C=O) groups is 17. The van der Waals surface area contributed by atoms with Gasteiger partial charge in [0.15, 0.2) is 11.6 Å². The first-order valence-corrected chi connectivity index (χ1v) is 46.4. The summed E-state index contributed by atoms with van der Waals surface area (Å²) in [5.74, 6) is -16.5. The Balaban J connectivity index is 1.19. The van der Waals surface area contributed by atoms with E-state index < -0.39 is 248 Å². The number of nitrogens with zero attached hydrogens (tertiary/aromatic N) is 5. The third-order valence-corrected chi connectivity index (χ3v) is 25.6. The molecule has 14 amide bonds. The molecule has 0 saturated carbocycles. The van der Waals surface area contributed by atoms with Gasteiger partial charge in [0.1, 0.15) is 72.2 Å². The lowest BCUT2D eigenvalue weighted by Gasteiger charge is -2.36. The van der Waals surface area contributed by atoms with Crippen molar-refractivity contribution in [3.05, 3.63) is 102 Å². The van der Waals surface area contributed by atoms with Crippen molar-refractivity contribution in [3.8, 4) is 5.75 Å². The quantitative estimate of drug-likeness (QED) is 0.0261. The number of nitrogens with one attached hydrogen (secondary N) is 10. The van der Waals surface area contributed by atoms with Gasteiger partial charge in [-0.2, -0.15) is 0 Å². The van der Waals surface area contributed by atoms with Gasteiger partial charge >= 0.3 is 5.97 Å². The average Bonchev–Trinajstić information content (AvgIpc) is 1.15. The van der Waals surface area contributed by atoms with E-state index in [2.05, 4.69) is 52.5 Å². The molecule has 3 aromatic carbocycles. The number of Topliss-reactive ketones (excluding diaryl/α,β-unsaturated/α-hetero) is 2. The van der Waals surface area contributed by atoms with E-state index in [4.69, 9.17) is 33.4 Å². The van der Waals surface area contributed by atoms with Gasteiger partial charge in [0.2, 0.25) is 82.7 Å². The monoisotopic (exact) mass is 1860 g/mol. The topological polar surface area (TPSA) is 614 Å². The Labute approximate surface area is 771 Å². The maximum atomic E-state index is 15.8. The van der Waals surface area contributed by atoms with Crippen molar-refractivity contribution in [2.24, 2.45) is 34.6 Å². The van der Waals surface area contributed by atoms with E-state index in [0.29, 0.717) is 76.3 Å². The van der Waals surface area contributed by atoms with Crippen molar-refractivity contribution in [2.75, 3.05) is 79.0 Å². The first-order chi connectivity index (χ1) is 63.1. The lowest BCUT2D eigenvalue weighted by Crippen LogP contribution is -2.61. The third-order valence-electron chi connectivity index (χ3n) is 24.6. The second-order valence-electron chi connectivity index (χ2n) is 34.1. The van der Waals surface area contributed by atoms with Gasteiger partial charge in [-0.1, -0.05) is 88.1 Å². The van der Waals surface area contributed by atoms with Crippen molar-refractivity contribution >= 4 is 134 Å². The molecule has 3 fully saturated rings. The average molecular weight is 1860 g/mol. The molecule has 22 N–H and O–H groups in total. The summed E-state index contributed by atoms with van der Waals surface area (Å²) in [5, 5.41) is 44.6. The summed E-state index contributed by atoms with van der Waals surface area (Å²) < 4.78 is 5.35. The first-order valence-electron chi connectivity index (χ1n) is 45.3. The molecule has 0 bridgehead atoms. The smallest absolute Gasteiger partial charge is 0.303 e. The van der Waals surface area contributed by atoms with Crippen LogP contribution < -0.4 is 75.9 Å². The minimum Gasteiger partial charge on any atom is -0.497 e. The minimum absolute atomic E-state index is 0.00239. The zero-order valence-corrected chi connectivity index (χ0v) is 77.0. The van der Waals surface area contributed by atoms with Gasteiger partial charge < -0.3 is 121 Å². The number of unbranched alkanes of at least 4 members (excludes halogenated alkanes) is 3. The molecular formula is C91H132N20O20S. The number of para-hydroxylation sites is 2. The summed E-state index contributed by atoms with van der Waals surface area (Å²) in [6.45, 7) is 3.93. The molecule has 0 unspecified atom stereocenters. The van der Waals surface area contributed by atoms with Crippen LogP contribution in [0.3, 0.4) is 0 Å². The Morgan fingerprint density at radius 1 is 0.508 bits per heavy atom. The number of primary amides is 1. The number of aliphatic carboxylic acids is 1. The molecule has 5 aromatic rings. The molecule has 41 heteroatoms. The number of benzene rings is 3. The van der Waals surface area contributed by atoms with Gasteiger partial charge in [0.25, 0.3) is 0 Å². The van der Waals surface area contributed by atoms with Crippen molar-refractivity contribution in [1.82, 2.24) is 77.0 Å². The van der Waals surface area contributed by atoms with E-state index in [1.165, 1.54) is 45.0 Å². The highest BCUT2D eigenvalue weighted by molar-refractivity contribution is 8.00. The van der Waals surface area contributed by atoms with Crippen LogP contribution >= 0.6 is 11.8 Å². The number of carboxylic acids is 1. The van der Waals surface area contributed by atoms with Crippen molar-refractivity contribution in [3.63, 3.8) is 0 Å². The summed E-state index contributed by atoms with van der Waals surface area (Å²) >= 11 is 0.800. The Kier molecular flexibility index (Phi) is 41.4. The molecule has 0 spiro atoms. The van der Waals surface area contributed by atoms with E-state index in [-0.39, 0.29) is 103 Å². The number of rotatable bonds is 29. The van der Waals surface area contributed by atoms with Crippen molar-refractivity contribution in [2.45, 2.75) is 247 Å². The number of aliphatic hydroxyl groups is 1. The number of thioether (sulfide) groups is 1. The number of carbonyl (C=O) groups excluding carboxylic acids is 16. The number of aromatic nitrogens is 2. The van der Waals surface area contributed by atoms with Gasteiger partial charge in [-0.15, -0.1) is 11.8 Å². The molecule has 3 aliphatic heterocycles. The number of carboxylic acid groups (broad SMARTS) is 1. The number of likely N-dealkylation sites (N-methyl/N-ethyl adjacent to an activating group) is 3.